The van der Waals surface area contributed by atoms with E-state index < -0.39 is 0 Å². The molecule has 4 nitrogen and oxygen atoms in total. The van der Waals surface area contributed by atoms with E-state index in [1.54, 1.807) is 0 Å². The predicted octanol–water partition coefficient (Wildman–Crippen LogP) is 2.30. The lowest BCUT2D eigenvalue weighted by molar-refractivity contribution is 0.336. The summed E-state index contributed by atoms with van der Waals surface area (Å²) in [6.45, 7) is 7.57. The molecule has 2 aromatic rings. The number of pyridine rings is 1. The Labute approximate surface area is 114 Å². The summed E-state index contributed by atoms with van der Waals surface area (Å²) >= 11 is 0. The van der Waals surface area contributed by atoms with E-state index in [1.807, 2.05) is 6.20 Å². The largest absolute Gasteiger partial charge is 0.316 e. The lowest BCUT2D eigenvalue weighted by Gasteiger charge is -2.23. The van der Waals surface area contributed by atoms with Crippen LogP contribution in [0.2, 0.25) is 0 Å². The van der Waals surface area contributed by atoms with E-state index in [9.17, 15) is 0 Å². The van der Waals surface area contributed by atoms with Crippen molar-refractivity contribution in [1.82, 2.24) is 19.9 Å². The van der Waals surface area contributed by atoms with Crippen molar-refractivity contribution in [2.75, 3.05) is 13.1 Å². The summed E-state index contributed by atoms with van der Waals surface area (Å²) < 4.78 is 2.33. The van der Waals surface area contributed by atoms with Crippen molar-refractivity contribution in [3.63, 3.8) is 0 Å². The Morgan fingerprint density at radius 3 is 3.11 bits per heavy atom. The number of nitrogens with zero attached hydrogens (tertiary/aromatic N) is 3. The van der Waals surface area contributed by atoms with Crippen LogP contribution in [0.4, 0.5) is 0 Å². The highest BCUT2D eigenvalue weighted by molar-refractivity contribution is 5.72. The van der Waals surface area contributed by atoms with E-state index in [-0.39, 0.29) is 0 Å². The molecule has 2 aromatic heterocycles. The number of imidazole rings is 1. The van der Waals surface area contributed by atoms with Crippen LogP contribution in [0.25, 0.3) is 11.2 Å². The number of fused-ring (bicyclic) bond motifs is 1. The van der Waals surface area contributed by atoms with E-state index in [0.717, 1.165) is 30.7 Å². The van der Waals surface area contributed by atoms with E-state index >= 15 is 0 Å². The van der Waals surface area contributed by atoms with Gasteiger partial charge in [0.2, 0.25) is 0 Å². The minimum Gasteiger partial charge on any atom is -0.316 e. The average Bonchev–Trinajstić information content (AvgIpc) is 2.77. The van der Waals surface area contributed by atoms with Crippen molar-refractivity contribution >= 4 is 11.2 Å². The minimum atomic E-state index is 0.708. The van der Waals surface area contributed by atoms with Crippen molar-refractivity contribution < 1.29 is 0 Å². The molecule has 0 aliphatic carbocycles. The van der Waals surface area contributed by atoms with Crippen LogP contribution in [-0.4, -0.2) is 27.6 Å². The molecule has 1 unspecified atom stereocenters. The fraction of sp³-hybridized carbons (Fsp3) is 0.600. The monoisotopic (exact) mass is 258 g/mol. The number of aromatic nitrogens is 3. The maximum atomic E-state index is 4.74. The number of rotatable bonds is 3. The highest BCUT2D eigenvalue weighted by atomic mass is 15.1. The van der Waals surface area contributed by atoms with Gasteiger partial charge in [-0.2, -0.15) is 0 Å². The van der Waals surface area contributed by atoms with Crippen LogP contribution in [-0.2, 0) is 13.0 Å². The first-order valence-electron chi connectivity index (χ1n) is 7.30. The van der Waals surface area contributed by atoms with Crippen LogP contribution in [0, 0.1) is 12.8 Å². The van der Waals surface area contributed by atoms with Crippen LogP contribution < -0.4 is 5.32 Å². The third-order valence-corrected chi connectivity index (χ3v) is 3.96. The second kappa shape index (κ2) is 5.29. The predicted molar refractivity (Wildman–Crippen MR) is 77.2 cm³/mol. The van der Waals surface area contributed by atoms with Gasteiger partial charge < -0.3 is 9.88 Å². The highest BCUT2D eigenvalue weighted by Crippen LogP contribution is 2.20. The second-order valence-corrected chi connectivity index (χ2v) is 5.56. The summed E-state index contributed by atoms with van der Waals surface area (Å²) in [6, 6.07) is 2.14. The molecule has 0 radical (unpaired) electrons. The molecule has 3 rings (SSSR count). The van der Waals surface area contributed by atoms with Crippen molar-refractivity contribution in [1.29, 1.82) is 0 Å². The van der Waals surface area contributed by atoms with Gasteiger partial charge in [0, 0.05) is 19.2 Å². The Kier molecular flexibility index (Phi) is 3.51. The highest BCUT2D eigenvalue weighted by Gasteiger charge is 2.17. The zero-order valence-corrected chi connectivity index (χ0v) is 11.8. The van der Waals surface area contributed by atoms with Gasteiger partial charge in [0.05, 0.1) is 0 Å². The number of hydrogen-bond acceptors (Lipinski definition) is 3. The van der Waals surface area contributed by atoms with Crippen molar-refractivity contribution in [2.45, 2.75) is 39.7 Å². The van der Waals surface area contributed by atoms with Crippen LogP contribution in [0.5, 0.6) is 0 Å². The van der Waals surface area contributed by atoms with Gasteiger partial charge >= 0.3 is 0 Å². The fourth-order valence-electron chi connectivity index (χ4n) is 2.96. The Balaban J connectivity index is 1.95. The normalized spacial score (nSPS) is 20.0. The topological polar surface area (TPSA) is 42.7 Å². The molecule has 102 valence electrons. The van der Waals surface area contributed by atoms with E-state index in [1.165, 1.54) is 30.8 Å². The summed E-state index contributed by atoms with van der Waals surface area (Å²) in [4.78, 5) is 9.33. The van der Waals surface area contributed by atoms with Gasteiger partial charge in [0.25, 0.3) is 0 Å². The first-order valence-corrected chi connectivity index (χ1v) is 7.30. The summed E-state index contributed by atoms with van der Waals surface area (Å²) in [7, 11) is 0. The molecular formula is C15H22N4. The molecule has 1 aliphatic rings. The third-order valence-electron chi connectivity index (χ3n) is 3.96. The van der Waals surface area contributed by atoms with Gasteiger partial charge in [-0.1, -0.05) is 6.92 Å². The van der Waals surface area contributed by atoms with Gasteiger partial charge in [-0.05, 0) is 50.4 Å². The maximum absolute atomic E-state index is 4.74. The van der Waals surface area contributed by atoms with E-state index in [4.69, 9.17) is 4.98 Å². The number of aryl methyl sites for hydroxylation is 2. The molecular weight excluding hydrogens is 236 g/mol. The first-order chi connectivity index (χ1) is 9.28. The quantitative estimate of drug-likeness (QED) is 0.918. The Morgan fingerprint density at radius 2 is 2.37 bits per heavy atom. The molecule has 4 heteroatoms. The number of hydrogen-bond donors (Lipinski definition) is 1. The molecule has 19 heavy (non-hydrogen) atoms. The molecule has 1 N–H and O–H groups in total. The number of piperidine rings is 1. The van der Waals surface area contributed by atoms with E-state index in [0.29, 0.717) is 5.92 Å². The first kappa shape index (κ1) is 12.6. The average molecular weight is 258 g/mol. The molecule has 1 fully saturated rings. The molecule has 0 amide bonds. The standard InChI is InChI=1S/C15H22N4/c1-3-14-18-13-7-11(2)8-17-15(13)19(14)10-12-5-4-6-16-9-12/h7-8,12,16H,3-6,9-10H2,1-2H3. The second-order valence-electron chi connectivity index (χ2n) is 5.56. The van der Waals surface area contributed by atoms with Crippen LogP contribution in [0.15, 0.2) is 12.3 Å². The van der Waals surface area contributed by atoms with Gasteiger partial charge in [0.15, 0.2) is 5.65 Å². The summed E-state index contributed by atoms with van der Waals surface area (Å²) in [5, 5.41) is 3.49. The van der Waals surface area contributed by atoms with Crippen molar-refractivity contribution in [2.24, 2.45) is 5.92 Å². The van der Waals surface area contributed by atoms with Gasteiger partial charge in [-0.25, -0.2) is 9.97 Å². The molecule has 3 heterocycles. The smallest absolute Gasteiger partial charge is 0.160 e. The number of nitrogens with one attached hydrogen (secondary N) is 1. The zero-order chi connectivity index (χ0) is 13.2. The lowest BCUT2D eigenvalue weighted by Crippen LogP contribution is -2.32. The molecule has 0 aromatic carbocycles. The Bertz CT molecular complexity index is 567. The van der Waals surface area contributed by atoms with Gasteiger partial charge in [-0.3, -0.25) is 0 Å². The Hall–Kier alpha value is -1.42. The molecule has 0 bridgehead atoms. The van der Waals surface area contributed by atoms with E-state index in [2.05, 4.69) is 34.8 Å². The van der Waals surface area contributed by atoms with Gasteiger partial charge in [0.1, 0.15) is 11.3 Å². The lowest BCUT2D eigenvalue weighted by atomic mass is 9.99. The van der Waals surface area contributed by atoms with Crippen molar-refractivity contribution in [3.8, 4) is 0 Å². The minimum absolute atomic E-state index is 0.708. The van der Waals surface area contributed by atoms with Gasteiger partial charge in [-0.15, -0.1) is 0 Å². The molecule has 1 aliphatic heterocycles. The van der Waals surface area contributed by atoms with Crippen LogP contribution in [0.3, 0.4) is 0 Å². The third kappa shape index (κ3) is 2.50. The van der Waals surface area contributed by atoms with Crippen LogP contribution >= 0.6 is 0 Å². The maximum Gasteiger partial charge on any atom is 0.160 e. The summed E-state index contributed by atoms with van der Waals surface area (Å²) in [5.74, 6) is 1.87. The Morgan fingerprint density at radius 1 is 1.47 bits per heavy atom. The molecule has 0 saturated carbocycles. The summed E-state index contributed by atoms with van der Waals surface area (Å²) in [5.41, 5.74) is 3.27. The SMILES string of the molecule is CCc1nc2cc(C)cnc2n1CC1CCCNC1. The molecule has 0 spiro atoms. The molecule has 1 saturated heterocycles. The molecule has 1 atom stereocenters. The summed E-state index contributed by atoms with van der Waals surface area (Å²) in [6.07, 6.45) is 5.50. The van der Waals surface area contributed by atoms with Crippen LogP contribution in [0.1, 0.15) is 31.2 Å². The zero-order valence-electron chi connectivity index (χ0n) is 11.8. The van der Waals surface area contributed by atoms with Crippen molar-refractivity contribution in [3.05, 3.63) is 23.7 Å². The fourth-order valence-corrected chi connectivity index (χ4v) is 2.96.